The van der Waals surface area contributed by atoms with E-state index in [0.717, 1.165) is 15.3 Å². The molecule has 0 fully saturated rings. The first kappa shape index (κ1) is 13.5. The number of nitrogens with zero attached hydrogens (tertiary/aromatic N) is 4. The molecule has 2 N–H and O–H groups in total. The Balaban J connectivity index is 2.63. The molecule has 2 aromatic heterocycles. The third-order valence-electron chi connectivity index (χ3n) is 2.76. The number of pyridine rings is 1. The maximum atomic E-state index is 11.9. The summed E-state index contributed by atoms with van der Waals surface area (Å²) in [6.45, 7) is -0.174. The number of aryl methyl sites for hydroxylation is 1. The number of aromatic nitrogens is 3. The minimum atomic E-state index is -0.971. The fourth-order valence-electron chi connectivity index (χ4n) is 1.73. The summed E-state index contributed by atoms with van der Waals surface area (Å²) in [6.07, 6.45) is 2.36. The molecule has 9 heteroatoms. The summed E-state index contributed by atoms with van der Waals surface area (Å²) in [5, 5.41) is 10.8. The number of nitrogens with two attached hydrogens (primary N) is 1. The van der Waals surface area contributed by atoms with Crippen molar-refractivity contribution in [3.63, 3.8) is 0 Å². The highest BCUT2D eigenvalue weighted by Gasteiger charge is 2.19. The van der Waals surface area contributed by atoms with Gasteiger partial charge in [-0.05, 0) is 6.07 Å². The molecule has 104 valence electrons. The van der Waals surface area contributed by atoms with Gasteiger partial charge in [-0.15, -0.1) is 0 Å². The fourth-order valence-corrected chi connectivity index (χ4v) is 1.73. The van der Waals surface area contributed by atoms with Gasteiger partial charge in [0.15, 0.2) is 0 Å². The topological polar surface area (TPSA) is 126 Å². The quantitative estimate of drug-likeness (QED) is 0.594. The van der Waals surface area contributed by atoms with Crippen LogP contribution in [0.25, 0.3) is 0 Å². The van der Waals surface area contributed by atoms with Gasteiger partial charge in [-0.2, -0.15) is 0 Å². The van der Waals surface area contributed by atoms with Crippen LogP contribution in [0.3, 0.4) is 0 Å². The lowest BCUT2D eigenvalue weighted by molar-refractivity contribution is -0.387. The normalized spacial score (nSPS) is 10.4. The van der Waals surface area contributed by atoms with Gasteiger partial charge in [-0.3, -0.25) is 19.5 Å². The summed E-state index contributed by atoms with van der Waals surface area (Å²) in [7, 11) is 1.33. The van der Waals surface area contributed by atoms with E-state index in [-0.39, 0.29) is 12.4 Å². The van der Waals surface area contributed by atoms with Crippen LogP contribution in [0.15, 0.2) is 34.1 Å². The van der Waals surface area contributed by atoms with Crippen molar-refractivity contribution < 1.29 is 4.92 Å². The number of hydrogen-bond donors (Lipinski definition) is 1. The van der Waals surface area contributed by atoms with Crippen LogP contribution in [0.2, 0.25) is 0 Å². The van der Waals surface area contributed by atoms with Crippen molar-refractivity contribution in [3.05, 3.63) is 61.0 Å². The van der Waals surface area contributed by atoms with Crippen LogP contribution < -0.4 is 17.0 Å². The van der Waals surface area contributed by atoms with Crippen molar-refractivity contribution in [3.8, 4) is 0 Å². The van der Waals surface area contributed by atoms with E-state index in [9.17, 15) is 19.7 Å². The lowest BCUT2D eigenvalue weighted by atomic mass is 10.2. The second-order valence-electron chi connectivity index (χ2n) is 4.10. The lowest BCUT2D eigenvalue weighted by Crippen LogP contribution is -2.39. The van der Waals surface area contributed by atoms with Crippen LogP contribution in [0.4, 0.5) is 11.5 Å². The number of rotatable bonds is 3. The van der Waals surface area contributed by atoms with Crippen LogP contribution in [-0.2, 0) is 13.6 Å². The summed E-state index contributed by atoms with van der Waals surface area (Å²) in [6, 6.07) is 3.19. The molecule has 0 aliphatic heterocycles. The Kier molecular flexibility index (Phi) is 3.34. The Morgan fingerprint density at radius 1 is 1.45 bits per heavy atom. The molecule has 0 aliphatic rings. The van der Waals surface area contributed by atoms with Crippen molar-refractivity contribution in [1.82, 2.24) is 14.1 Å². The van der Waals surface area contributed by atoms with Gasteiger partial charge in [-0.25, -0.2) is 14.3 Å². The summed E-state index contributed by atoms with van der Waals surface area (Å²) < 4.78 is 1.73. The first-order valence-corrected chi connectivity index (χ1v) is 5.56. The molecule has 20 heavy (non-hydrogen) atoms. The molecule has 0 saturated heterocycles. The maximum Gasteiger partial charge on any atom is 0.350 e. The standard InChI is InChI=1S/C11H11N5O4/c1-14-6-8(16(19)20)10(17)15(11(14)18)5-7-3-2-4-13-9(7)12/h2-4,6H,5H2,1H3,(H2,12,13). The molecule has 2 aromatic rings. The first-order valence-electron chi connectivity index (χ1n) is 5.56. The minimum Gasteiger partial charge on any atom is -0.383 e. The molecule has 9 nitrogen and oxygen atoms in total. The van der Waals surface area contributed by atoms with Crippen LogP contribution in [0.1, 0.15) is 5.56 Å². The fraction of sp³-hybridized carbons (Fsp3) is 0.182. The smallest absolute Gasteiger partial charge is 0.350 e. The van der Waals surface area contributed by atoms with E-state index >= 15 is 0 Å². The molecule has 0 saturated carbocycles. The molecule has 0 bridgehead atoms. The summed E-state index contributed by atoms with van der Waals surface area (Å²) >= 11 is 0. The Morgan fingerprint density at radius 2 is 2.15 bits per heavy atom. The maximum absolute atomic E-state index is 11.9. The molecule has 2 heterocycles. The van der Waals surface area contributed by atoms with Crippen molar-refractivity contribution in [1.29, 1.82) is 0 Å². The second-order valence-corrected chi connectivity index (χ2v) is 4.10. The summed E-state index contributed by atoms with van der Waals surface area (Å²) in [5.74, 6) is 0.160. The second kappa shape index (κ2) is 4.96. The van der Waals surface area contributed by atoms with Crippen molar-refractivity contribution in [2.45, 2.75) is 6.54 Å². The van der Waals surface area contributed by atoms with Crippen LogP contribution in [0.5, 0.6) is 0 Å². The minimum absolute atomic E-state index is 0.160. The average Bonchev–Trinajstić information content (AvgIpc) is 2.40. The molecular formula is C11H11N5O4. The molecular weight excluding hydrogens is 266 g/mol. The van der Waals surface area contributed by atoms with Gasteiger partial charge < -0.3 is 5.73 Å². The van der Waals surface area contributed by atoms with Gasteiger partial charge >= 0.3 is 16.9 Å². The van der Waals surface area contributed by atoms with Gasteiger partial charge in [0.25, 0.3) is 0 Å². The van der Waals surface area contributed by atoms with Gasteiger partial charge in [0.05, 0.1) is 17.7 Å². The van der Waals surface area contributed by atoms with Crippen molar-refractivity contribution >= 4 is 11.5 Å². The molecule has 0 spiro atoms. The van der Waals surface area contributed by atoms with Crippen LogP contribution in [-0.4, -0.2) is 19.0 Å². The largest absolute Gasteiger partial charge is 0.383 e. The van der Waals surface area contributed by atoms with E-state index in [2.05, 4.69) is 4.98 Å². The van der Waals surface area contributed by atoms with Gasteiger partial charge in [0, 0.05) is 18.8 Å². The highest BCUT2D eigenvalue weighted by atomic mass is 16.6. The molecule has 0 amide bonds. The van der Waals surface area contributed by atoms with Gasteiger partial charge in [-0.1, -0.05) is 6.07 Å². The van der Waals surface area contributed by atoms with E-state index in [1.807, 2.05) is 0 Å². The third kappa shape index (κ3) is 2.28. The average molecular weight is 277 g/mol. The Labute approximate surface area is 112 Å². The SMILES string of the molecule is Cn1cc([N+](=O)[O-])c(=O)n(Cc2cccnc2N)c1=O. The Bertz CT molecular complexity index is 792. The van der Waals surface area contributed by atoms with Crippen LogP contribution >= 0.6 is 0 Å². The van der Waals surface area contributed by atoms with E-state index in [1.54, 1.807) is 12.1 Å². The first-order chi connectivity index (χ1) is 9.41. The van der Waals surface area contributed by atoms with Gasteiger partial charge in [0.2, 0.25) is 0 Å². The Hall–Kier alpha value is -2.97. The predicted octanol–water partition coefficient (Wildman–Crippen LogP) is -0.519. The van der Waals surface area contributed by atoms with Crippen LogP contribution in [0, 0.1) is 10.1 Å². The van der Waals surface area contributed by atoms with Crippen molar-refractivity contribution in [2.75, 3.05) is 5.73 Å². The molecule has 0 radical (unpaired) electrons. The van der Waals surface area contributed by atoms with Gasteiger partial charge in [0.1, 0.15) is 5.82 Å². The van der Waals surface area contributed by atoms with Crippen molar-refractivity contribution in [2.24, 2.45) is 7.05 Å². The zero-order valence-electron chi connectivity index (χ0n) is 10.5. The van der Waals surface area contributed by atoms with E-state index in [1.165, 1.54) is 13.2 Å². The summed E-state index contributed by atoms with van der Waals surface area (Å²) in [4.78, 5) is 37.7. The monoisotopic (exact) mass is 277 g/mol. The number of nitro groups is 1. The number of nitrogen functional groups attached to an aromatic ring is 1. The predicted molar refractivity (Wildman–Crippen MR) is 70.3 cm³/mol. The molecule has 0 atom stereocenters. The molecule has 0 aliphatic carbocycles. The van der Waals surface area contributed by atoms with E-state index in [0.29, 0.717) is 5.56 Å². The highest BCUT2D eigenvalue weighted by molar-refractivity contribution is 5.38. The molecule has 2 rings (SSSR count). The van der Waals surface area contributed by atoms with E-state index in [4.69, 9.17) is 5.73 Å². The number of hydrogen-bond acceptors (Lipinski definition) is 6. The molecule has 0 unspecified atom stereocenters. The number of anilines is 1. The highest BCUT2D eigenvalue weighted by Crippen LogP contribution is 2.08. The Morgan fingerprint density at radius 3 is 2.75 bits per heavy atom. The lowest BCUT2D eigenvalue weighted by Gasteiger charge is -2.08. The molecule has 0 aromatic carbocycles. The zero-order chi connectivity index (χ0) is 14.9. The van der Waals surface area contributed by atoms with E-state index < -0.39 is 21.9 Å². The summed E-state index contributed by atoms with van der Waals surface area (Å²) in [5.41, 5.74) is 3.77. The zero-order valence-corrected chi connectivity index (χ0v) is 10.5. The third-order valence-corrected chi connectivity index (χ3v) is 2.76.